The summed E-state index contributed by atoms with van der Waals surface area (Å²) in [5, 5.41) is 19.8. The lowest BCUT2D eigenvalue weighted by atomic mass is 9.77. The van der Waals surface area contributed by atoms with Gasteiger partial charge in [0.2, 0.25) is 0 Å². The van der Waals surface area contributed by atoms with Gasteiger partial charge in [0.25, 0.3) is 0 Å². The number of hydrogen-bond acceptors (Lipinski definition) is 5. The molecule has 0 aliphatic carbocycles. The number of rotatable bonds is 5. The SMILES string of the molecule is CCN(CC)OC(=O)c1ccccc1B(O)O. The topological polar surface area (TPSA) is 70.0 Å². The molecule has 1 rings (SSSR count). The van der Waals surface area contributed by atoms with Gasteiger partial charge in [0.15, 0.2) is 0 Å². The van der Waals surface area contributed by atoms with E-state index in [9.17, 15) is 4.79 Å². The fraction of sp³-hybridized carbons (Fsp3) is 0.364. The molecule has 92 valence electrons. The van der Waals surface area contributed by atoms with Crippen LogP contribution in [0.1, 0.15) is 24.2 Å². The highest BCUT2D eigenvalue weighted by atomic mass is 16.7. The van der Waals surface area contributed by atoms with Gasteiger partial charge in [-0.05, 0) is 25.4 Å². The second-order valence-electron chi connectivity index (χ2n) is 3.45. The van der Waals surface area contributed by atoms with Crippen LogP contribution in [0.3, 0.4) is 0 Å². The quantitative estimate of drug-likeness (QED) is 0.547. The molecule has 17 heavy (non-hydrogen) atoms. The Bertz CT molecular complexity index is 379. The third-order valence-electron chi connectivity index (χ3n) is 2.38. The van der Waals surface area contributed by atoms with Crippen molar-refractivity contribution >= 4 is 18.6 Å². The van der Waals surface area contributed by atoms with E-state index in [1.807, 2.05) is 13.8 Å². The van der Waals surface area contributed by atoms with E-state index >= 15 is 0 Å². The van der Waals surface area contributed by atoms with Crippen molar-refractivity contribution < 1.29 is 19.7 Å². The Balaban J connectivity index is 2.88. The molecule has 1 aromatic rings. The lowest BCUT2D eigenvalue weighted by molar-refractivity contribution is -0.103. The minimum atomic E-state index is -1.68. The Labute approximate surface area is 101 Å². The third kappa shape index (κ3) is 3.56. The van der Waals surface area contributed by atoms with E-state index in [-0.39, 0.29) is 11.0 Å². The maximum Gasteiger partial charge on any atom is 0.489 e. The van der Waals surface area contributed by atoms with Crippen molar-refractivity contribution in [2.45, 2.75) is 13.8 Å². The van der Waals surface area contributed by atoms with Crippen molar-refractivity contribution in [1.29, 1.82) is 0 Å². The lowest BCUT2D eigenvalue weighted by Crippen LogP contribution is -2.37. The third-order valence-corrected chi connectivity index (χ3v) is 2.38. The minimum absolute atomic E-state index is 0.143. The normalized spacial score (nSPS) is 10.4. The highest BCUT2D eigenvalue weighted by molar-refractivity contribution is 6.60. The molecule has 0 spiro atoms. The van der Waals surface area contributed by atoms with Crippen LogP contribution in [0.2, 0.25) is 0 Å². The van der Waals surface area contributed by atoms with Crippen molar-refractivity contribution in [2.24, 2.45) is 0 Å². The summed E-state index contributed by atoms with van der Waals surface area (Å²) in [6.45, 7) is 4.88. The van der Waals surface area contributed by atoms with Crippen LogP contribution in [0.5, 0.6) is 0 Å². The number of nitrogens with zero attached hydrogens (tertiary/aromatic N) is 1. The average molecular weight is 237 g/mol. The van der Waals surface area contributed by atoms with E-state index in [0.717, 1.165) is 0 Å². The van der Waals surface area contributed by atoms with Gasteiger partial charge in [0.1, 0.15) is 0 Å². The summed E-state index contributed by atoms with van der Waals surface area (Å²) >= 11 is 0. The highest BCUT2D eigenvalue weighted by Crippen LogP contribution is 2.02. The molecule has 2 N–H and O–H groups in total. The molecule has 0 amide bonds. The molecule has 0 fully saturated rings. The predicted molar refractivity (Wildman–Crippen MR) is 64.6 cm³/mol. The number of carbonyl (C=O) groups excluding carboxylic acids is 1. The first-order valence-electron chi connectivity index (χ1n) is 5.52. The molecule has 0 saturated carbocycles. The largest absolute Gasteiger partial charge is 0.489 e. The summed E-state index contributed by atoms with van der Waals surface area (Å²) < 4.78 is 0. The molecule has 0 aliphatic heterocycles. The van der Waals surface area contributed by atoms with Crippen LogP contribution in [0.25, 0.3) is 0 Å². The minimum Gasteiger partial charge on any atom is -0.423 e. The zero-order valence-electron chi connectivity index (χ0n) is 9.96. The smallest absolute Gasteiger partial charge is 0.423 e. The Hall–Kier alpha value is -1.37. The van der Waals surface area contributed by atoms with E-state index in [1.165, 1.54) is 17.2 Å². The monoisotopic (exact) mass is 237 g/mol. The zero-order valence-corrected chi connectivity index (χ0v) is 9.96. The first-order valence-corrected chi connectivity index (χ1v) is 5.52. The highest BCUT2D eigenvalue weighted by Gasteiger charge is 2.22. The van der Waals surface area contributed by atoms with Crippen LogP contribution in [-0.4, -0.2) is 41.3 Å². The maximum absolute atomic E-state index is 11.8. The molecule has 5 nitrogen and oxygen atoms in total. The molecule has 0 aliphatic rings. The number of hydrogen-bond donors (Lipinski definition) is 2. The first kappa shape index (κ1) is 13.7. The Morgan fingerprint density at radius 2 is 1.88 bits per heavy atom. The summed E-state index contributed by atoms with van der Waals surface area (Å²) in [6, 6.07) is 6.25. The molecule has 0 bridgehead atoms. The maximum atomic E-state index is 11.8. The van der Waals surface area contributed by atoms with E-state index in [1.54, 1.807) is 12.1 Å². The second kappa shape index (κ2) is 6.39. The molecule has 0 atom stereocenters. The van der Waals surface area contributed by atoms with E-state index in [0.29, 0.717) is 13.1 Å². The summed E-state index contributed by atoms with van der Waals surface area (Å²) in [5.74, 6) is -0.586. The Morgan fingerprint density at radius 3 is 2.41 bits per heavy atom. The van der Waals surface area contributed by atoms with Crippen molar-refractivity contribution in [3.8, 4) is 0 Å². The molecular formula is C11H16BNO4. The number of hydroxylamine groups is 2. The summed E-state index contributed by atoms with van der Waals surface area (Å²) in [6.07, 6.45) is 0. The fourth-order valence-corrected chi connectivity index (χ4v) is 1.43. The number of carbonyl (C=O) groups is 1. The molecule has 6 heteroatoms. The predicted octanol–water partition coefficient (Wildman–Crippen LogP) is -0.220. The molecule has 0 radical (unpaired) electrons. The van der Waals surface area contributed by atoms with E-state index in [4.69, 9.17) is 14.9 Å². The summed E-state index contributed by atoms with van der Waals surface area (Å²) in [7, 11) is -1.68. The number of benzene rings is 1. The van der Waals surface area contributed by atoms with Crippen LogP contribution in [-0.2, 0) is 4.84 Å². The van der Waals surface area contributed by atoms with Crippen molar-refractivity contribution in [3.05, 3.63) is 29.8 Å². The zero-order chi connectivity index (χ0) is 12.8. The van der Waals surface area contributed by atoms with E-state index < -0.39 is 13.1 Å². The second-order valence-corrected chi connectivity index (χ2v) is 3.45. The van der Waals surface area contributed by atoms with Crippen molar-refractivity contribution in [2.75, 3.05) is 13.1 Å². The van der Waals surface area contributed by atoms with Gasteiger partial charge in [-0.1, -0.05) is 18.2 Å². The molecule has 0 aromatic heterocycles. The lowest BCUT2D eigenvalue weighted by Gasteiger charge is -2.18. The first-order chi connectivity index (χ1) is 8.10. The van der Waals surface area contributed by atoms with E-state index in [2.05, 4.69) is 0 Å². The molecule has 1 aromatic carbocycles. The van der Waals surface area contributed by atoms with Gasteiger partial charge in [-0.15, -0.1) is 5.06 Å². The van der Waals surface area contributed by atoms with Gasteiger partial charge in [-0.2, -0.15) is 0 Å². The molecular weight excluding hydrogens is 221 g/mol. The molecule has 0 saturated heterocycles. The molecule has 0 unspecified atom stereocenters. The van der Waals surface area contributed by atoms with Crippen LogP contribution in [0.15, 0.2) is 24.3 Å². The fourth-order valence-electron chi connectivity index (χ4n) is 1.43. The van der Waals surface area contributed by atoms with Gasteiger partial charge in [0, 0.05) is 13.1 Å². The Kier molecular flexibility index (Phi) is 5.15. The summed E-state index contributed by atoms with van der Waals surface area (Å²) in [5.41, 5.74) is 0.305. The van der Waals surface area contributed by atoms with Gasteiger partial charge in [-0.3, -0.25) is 0 Å². The van der Waals surface area contributed by atoms with Gasteiger partial charge in [0.05, 0.1) is 5.56 Å². The van der Waals surface area contributed by atoms with Gasteiger partial charge in [-0.25, -0.2) is 4.79 Å². The van der Waals surface area contributed by atoms with Crippen molar-refractivity contribution in [3.63, 3.8) is 0 Å². The van der Waals surface area contributed by atoms with Crippen LogP contribution in [0, 0.1) is 0 Å². The van der Waals surface area contributed by atoms with Crippen LogP contribution >= 0.6 is 0 Å². The average Bonchev–Trinajstić information content (AvgIpc) is 2.35. The Morgan fingerprint density at radius 1 is 1.29 bits per heavy atom. The van der Waals surface area contributed by atoms with Gasteiger partial charge < -0.3 is 14.9 Å². The van der Waals surface area contributed by atoms with Crippen LogP contribution < -0.4 is 5.46 Å². The standard InChI is InChI=1S/C11H16BNO4/c1-3-13(4-2)17-11(14)9-7-5-6-8-10(9)12(15)16/h5-8,15-16H,3-4H2,1-2H3. The van der Waals surface area contributed by atoms with Gasteiger partial charge >= 0.3 is 13.1 Å². The van der Waals surface area contributed by atoms with Crippen LogP contribution in [0.4, 0.5) is 0 Å². The molecule has 0 heterocycles. The summed E-state index contributed by atoms with van der Waals surface area (Å²) in [4.78, 5) is 16.9. The van der Waals surface area contributed by atoms with Crippen molar-refractivity contribution in [1.82, 2.24) is 5.06 Å².